The molecule has 0 unspecified atom stereocenters. The van der Waals surface area contributed by atoms with E-state index in [9.17, 15) is 13.6 Å². The van der Waals surface area contributed by atoms with Gasteiger partial charge in [-0.3, -0.25) is 4.79 Å². The van der Waals surface area contributed by atoms with Crippen molar-refractivity contribution in [1.29, 1.82) is 0 Å². The molecule has 0 spiro atoms. The smallest absolute Gasteiger partial charge is 0.255 e. The minimum Gasteiger partial charge on any atom is -0.489 e. The van der Waals surface area contributed by atoms with Crippen molar-refractivity contribution >= 4 is 17.5 Å². The second-order valence-corrected chi connectivity index (χ2v) is 7.31. The Morgan fingerprint density at radius 1 is 1.10 bits per heavy atom. The number of amides is 1. The SMILES string of the molecule is Cc1c(Cc2ccc(-c3cccc(F)c3F)cc2)cc2c(c1Cl)OCCNC2=O. The highest BCUT2D eigenvalue weighted by molar-refractivity contribution is 6.33. The van der Waals surface area contributed by atoms with Crippen LogP contribution in [-0.2, 0) is 6.42 Å². The highest BCUT2D eigenvalue weighted by atomic mass is 35.5. The molecular formula is C23H18ClF2NO2. The fraction of sp³-hybridized carbons (Fsp3) is 0.174. The Bertz CT molecular complexity index is 1100. The predicted octanol–water partition coefficient (Wildman–Crippen LogP) is 5.31. The van der Waals surface area contributed by atoms with Gasteiger partial charge in [-0.2, -0.15) is 0 Å². The average molecular weight is 414 g/mol. The Morgan fingerprint density at radius 2 is 1.86 bits per heavy atom. The molecule has 1 N–H and O–H groups in total. The van der Waals surface area contributed by atoms with Crippen molar-refractivity contribution in [2.45, 2.75) is 13.3 Å². The molecular weight excluding hydrogens is 396 g/mol. The molecule has 0 aliphatic carbocycles. The van der Waals surface area contributed by atoms with Crippen molar-refractivity contribution in [3.63, 3.8) is 0 Å². The number of carbonyl (C=O) groups is 1. The molecule has 0 aromatic heterocycles. The monoisotopic (exact) mass is 413 g/mol. The number of ether oxygens (including phenoxy) is 1. The summed E-state index contributed by atoms with van der Waals surface area (Å²) in [5.41, 5.74) is 3.94. The van der Waals surface area contributed by atoms with Gasteiger partial charge in [0.25, 0.3) is 5.91 Å². The Kier molecular flexibility index (Phi) is 5.24. The number of nitrogens with one attached hydrogen (secondary N) is 1. The molecule has 6 heteroatoms. The van der Waals surface area contributed by atoms with Gasteiger partial charge in [-0.05, 0) is 47.7 Å². The Labute approximate surface area is 172 Å². The highest BCUT2D eigenvalue weighted by Gasteiger charge is 2.22. The molecule has 3 aromatic rings. The van der Waals surface area contributed by atoms with Crippen LogP contribution in [-0.4, -0.2) is 19.1 Å². The molecule has 3 nitrogen and oxygen atoms in total. The van der Waals surface area contributed by atoms with Gasteiger partial charge in [-0.15, -0.1) is 0 Å². The van der Waals surface area contributed by atoms with E-state index < -0.39 is 11.6 Å². The summed E-state index contributed by atoms with van der Waals surface area (Å²) < 4.78 is 33.1. The van der Waals surface area contributed by atoms with Crippen LogP contribution < -0.4 is 10.1 Å². The van der Waals surface area contributed by atoms with Crippen LogP contribution in [0.25, 0.3) is 11.1 Å². The predicted molar refractivity (Wildman–Crippen MR) is 109 cm³/mol. The van der Waals surface area contributed by atoms with Crippen LogP contribution in [0.1, 0.15) is 27.0 Å². The summed E-state index contributed by atoms with van der Waals surface area (Å²) in [5.74, 6) is -1.53. The maximum Gasteiger partial charge on any atom is 0.255 e. The molecule has 4 rings (SSSR count). The second kappa shape index (κ2) is 7.84. The van der Waals surface area contributed by atoms with Crippen molar-refractivity contribution in [2.75, 3.05) is 13.2 Å². The molecule has 1 aliphatic rings. The standard InChI is InChI=1S/C23H18ClF2NO2/c1-13-16(12-18-22(20(13)24)29-10-9-27-23(18)28)11-14-5-7-15(8-6-14)17-3-2-4-19(25)21(17)26/h2-8,12H,9-11H2,1H3,(H,27,28). The van der Waals surface area contributed by atoms with Crippen LogP contribution in [0.4, 0.5) is 8.78 Å². The van der Waals surface area contributed by atoms with E-state index in [0.717, 1.165) is 22.8 Å². The van der Waals surface area contributed by atoms with Crippen molar-refractivity contribution in [3.8, 4) is 16.9 Å². The van der Waals surface area contributed by atoms with Crippen molar-refractivity contribution in [3.05, 3.63) is 87.4 Å². The topological polar surface area (TPSA) is 38.3 Å². The molecule has 0 saturated carbocycles. The Hall–Kier alpha value is -2.92. The zero-order valence-electron chi connectivity index (χ0n) is 15.7. The largest absolute Gasteiger partial charge is 0.489 e. The fourth-order valence-corrected chi connectivity index (χ4v) is 3.71. The van der Waals surface area contributed by atoms with Gasteiger partial charge in [-0.1, -0.05) is 48.0 Å². The van der Waals surface area contributed by atoms with Gasteiger partial charge in [-0.25, -0.2) is 8.78 Å². The molecule has 3 aromatic carbocycles. The Morgan fingerprint density at radius 3 is 2.62 bits per heavy atom. The van der Waals surface area contributed by atoms with E-state index in [-0.39, 0.29) is 11.5 Å². The van der Waals surface area contributed by atoms with E-state index in [1.165, 1.54) is 6.07 Å². The summed E-state index contributed by atoms with van der Waals surface area (Å²) in [4.78, 5) is 12.3. The van der Waals surface area contributed by atoms with Gasteiger partial charge < -0.3 is 10.1 Å². The van der Waals surface area contributed by atoms with E-state index in [2.05, 4.69) is 5.32 Å². The van der Waals surface area contributed by atoms with Gasteiger partial charge in [0.05, 0.1) is 17.1 Å². The number of fused-ring (bicyclic) bond motifs is 1. The normalized spacial score (nSPS) is 13.3. The molecule has 0 atom stereocenters. The van der Waals surface area contributed by atoms with Crippen molar-refractivity contribution < 1.29 is 18.3 Å². The van der Waals surface area contributed by atoms with Gasteiger partial charge in [0, 0.05) is 5.56 Å². The minimum absolute atomic E-state index is 0.211. The van der Waals surface area contributed by atoms with Gasteiger partial charge in [0.15, 0.2) is 17.4 Å². The molecule has 1 amide bonds. The third-order valence-corrected chi connectivity index (χ3v) is 5.52. The van der Waals surface area contributed by atoms with Crippen LogP contribution in [0, 0.1) is 18.6 Å². The van der Waals surface area contributed by atoms with Crippen molar-refractivity contribution in [1.82, 2.24) is 5.32 Å². The van der Waals surface area contributed by atoms with Crippen LogP contribution in [0.5, 0.6) is 5.75 Å². The number of hydrogen-bond donors (Lipinski definition) is 1. The first-order chi connectivity index (χ1) is 14.0. The van der Waals surface area contributed by atoms with E-state index in [0.29, 0.717) is 41.5 Å². The molecule has 1 heterocycles. The number of benzene rings is 3. The number of hydrogen-bond acceptors (Lipinski definition) is 2. The van der Waals surface area contributed by atoms with Gasteiger partial charge >= 0.3 is 0 Å². The fourth-order valence-electron chi connectivity index (χ4n) is 3.43. The quantitative estimate of drug-likeness (QED) is 0.632. The minimum atomic E-state index is -0.873. The molecule has 29 heavy (non-hydrogen) atoms. The molecule has 0 bridgehead atoms. The molecule has 1 aliphatic heterocycles. The maximum absolute atomic E-state index is 14.0. The second-order valence-electron chi connectivity index (χ2n) is 6.93. The van der Waals surface area contributed by atoms with Crippen LogP contribution in [0.2, 0.25) is 5.02 Å². The van der Waals surface area contributed by atoms with Crippen molar-refractivity contribution in [2.24, 2.45) is 0 Å². The average Bonchev–Trinajstić information content (AvgIpc) is 2.90. The summed E-state index contributed by atoms with van der Waals surface area (Å²) in [6.45, 7) is 2.69. The zero-order chi connectivity index (χ0) is 20.5. The van der Waals surface area contributed by atoms with Gasteiger partial charge in [0.1, 0.15) is 6.61 Å². The highest BCUT2D eigenvalue weighted by Crippen LogP contribution is 2.36. The first-order valence-corrected chi connectivity index (χ1v) is 9.60. The summed E-state index contributed by atoms with van der Waals surface area (Å²) in [7, 11) is 0. The van der Waals surface area contributed by atoms with Crippen LogP contribution in [0.3, 0.4) is 0 Å². The summed E-state index contributed by atoms with van der Waals surface area (Å²) in [6, 6.07) is 13.1. The van der Waals surface area contributed by atoms with E-state index in [4.69, 9.17) is 16.3 Å². The molecule has 0 radical (unpaired) electrons. The first kappa shape index (κ1) is 19.4. The third kappa shape index (κ3) is 3.70. The lowest BCUT2D eigenvalue weighted by Gasteiger charge is -2.15. The molecule has 0 fully saturated rings. The van der Waals surface area contributed by atoms with E-state index >= 15 is 0 Å². The van der Waals surface area contributed by atoms with Crippen LogP contribution >= 0.6 is 11.6 Å². The van der Waals surface area contributed by atoms with Gasteiger partial charge in [0.2, 0.25) is 0 Å². The Balaban J connectivity index is 1.65. The summed E-state index contributed by atoms with van der Waals surface area (Å²) >= 11 is 6.48. The lowest BCUT2D eigenvalue weighted by atomic mass is 9.95. The lowest BCUT2D eigenvalue weighted by Crippen LogP contribution is -2.24. The van der Waals surface area contributed by atoms with E-state index in [1.807, 2.05) is 19.1 Å². The molecule has 0 saturated heterocycles. The third-order valence-electron chi connectivity index (χ3n) is 5.06. The first-order valence-electron chi connectivity index (χ1n) is 9.22. The number of rotatable bonds is 3. The zero-order valence-corrected chi connectivity index (χ0v) is 16.4. The number of carbonyl (C=O) groups excluding carboxylic acids is 1. The lowest BCUT2D eigenvalue weighted by molar-refractivity contribution is 0.0957. The maximum atomic E-state index is 14.0. The van der Waals surface area contributed by atoms with Crippen LogP contribution in [0.15, 0.2) is 48.5 Å². The number of halogens is 3. The molecule has 148 valence electrons. The summed E-state index contributed by atoms with van der Waals surface area (Å²) in [6.07, 6.45) is 0.540. The summed E-state index contributed by atoms with van der Waals surface area (Å²) in [5, 5.41) is 3.22. The van der Waals surface area contributed by atoms with E-state index in [1.54, 1.807) is 24.3 Å².